The van der Waals surface area contributed by atoms with E-state index in [0.717, 1.165) is 43.5 Å². The third-order valence-electron chi connectivity index (χ3n) is 4.16. The first-order valence-electron chi connectivity index (χ1n) is 7.05. The summed E-state index contributed by atoms with van der Waals surface area (Å²) in [5.41, 5.74) is 1.50. The molecule has 0 amide bonds. The van der Waals surface area contributed by atoms with E-state index >= 15 is 0 Å². The fourth-order valence-electron chi connectivity index (χ4n) is 2.70. The van der Waals surface area contributed by atoms with Crippen LogP contribution in [0.4, 0.5) is 5.69 Å². The van der Waals surface area contributed by atoms with E-state index in [1.165, 1.54) is 0 Å². The van der Waals surface area contributed by atoms with Gasteiger partial charge in [0.25, 0.3) is 0 Å². The van der Waals surface area contributed by atoms with Crippen molar-refractivity contribution in [3.8, 4) is 0 Å². The minimum absolute atomic E-state index is 0.432. The Bertz CT molecular complexity index is 492. The van der Waals surface area contributed by atoms with Crippen molar-refractivity contribution in [3.63, 3.8) is 0 Å². The van der Waals surface area contributed by atoms with E-state index in [1.54, 1.807) is 12.1 Å². The third kappa shape index (κ3) is 4.04. The third-order valence-corrected chi connectivity index (χ3v) is 4.82. The van der Waals surface area contributed by atoms with Gasteiger partial charge in [-0.25, -0.2) is 4.21 Å². The fraction of sp³-hybridized carbons (Fsp3) is 0.600. The monoisotopic (exact) mass is 297 g/mol. The number of rotatable bonds is 4. The number of nitrogens with one attached hydrogen (secondary N) is 1. The molecule has 4 nitrogen and oxygen atoms in total. The Morgan fingerprint density at radius 3 is 2.60 bits per heavy atom. The first-order chi connectivity index (χ1) is 9.37. The average Bonchev–Trinajstić information content (AvgIpc) is 2.38. The molecule has 1 aliphatic rings. The molecule has 112 valence electrons. The van der Waals surface area contributed by atoms with Crippen LogP contribution in [0.3, 0.4) is 0 Å². The lowest BCUT2D eigenvalue weighted by Crippen LogP contribution is -2.32. The zero-order chi connectivity index (χ0) is 14.8. The summed E-state index contributed by atoms with van der Waals surface area (Å²) in [6, 6.07) is 5.28. The minimum Gasteiger partial charge on any atom is -0.390 e. The second-order valence-electron chi connectivity index (χ2n) is 6.05. The van der Waals surface area contributed by atoms with E-state index in [4.69, 9.17) is 4.55 Å². The van der Waals surface area contributed by atoms with Crippen LogP contribution in [0.15, 0.2) is 23.1 Å². The van der Waals surface area contributed by atoms with Crippen molar-refractivity contribution in [2.24, 2.45) is 5.92 Å². The molecule has 1 aromatic carbocycles. The average molecular weight is 297 g/mol. The van der Waals surface area contributed by atoms with E-state index < -0.39 is 16.7 Å². The molecule has 1 aromatic rings. The number of hydrogen-bond acceptors (Lipinski definition) is 3. The summed E-state index contributed by atoms with van der Waals surface area (Å²) >= 11 is -1.92. The molecule has 2 rings (SSSR count). The predicted molar refractivity (Wildman–Crippen MR) is 81.3 cm³/mol. The number of aryl methyl sites for hydroxylation is 1. The summed E-state index contributed by atoms with van der Waals surface area (Å²) in [6.45, 7) is 4.73. The molecule has 20 heavy (non-hydrogen) atoms. The molecule has 1 fully saturated rings. The molecule has 0 aromatic heterocycles. The number of benzene rings is 1. The highest BCUT2D eigenvalue weighted by Gasteiger charge is 2.28. The second kappa shape index (κ2) is 6.24. The highest BCUT2D eigenvalue weighted by Crippen LogP contribution is 2.32. The minimum atomic E-state index is -1.92. The van der Waals surface area contributed by atoms with Crippen LogP contribution in [0.5, 0.6) is 0 Å². The normalized spacial score (nSPS) is 28.1. The van der Waals surface area contributed by atoms with Crippen LogP contribution in [0, 0.1) is 12.8 Å². The van der Waals surface area contributed by atoms with Crippen LogP contribution in [0.2, 0.25) is 0 Å². The molecular formula is C15H23NO3S. The van der Waals surface area contributed by atoms with Crippen LogP contribution in [-0.2, 0) is 11.1 Å². The maximum absolute atomic E-state index is 11.0. The van der Waals surface area contributed by atoms with Gasteiger partial charge in [-0.05, 0) is 69.2 Å². The highest BCUT2D eigenvalue weighted by molar-refractivity contribution is 7.79. The topological polar surface area (TPSA) is 69.6 Å². The van der Waals surface area contributed by atoms with E-state index in [1.807, 2.05) is 19.9 Å². The summed E-state index contributed by atoms with van der Waals surface area (Å²) in [4.78, 5) is 0.432. The molecule has 0 bridgehead atoms. The SMILES string of the molecule is Cc1cc(S(=O)O)ccc1NCC1CCC(C)(O)CC1. The lowest BCUT2D eigenvalue weighted by molar-refractivity contribution is 0.00976. The Kier molecular flexibility index (Phi) is 4.83. The Morgan fingerprint density at radius 2 is 2.05 bits per heavy atom. The molecule has 0 saturated heterocycles. The van der Waals surface area contributed by atoms with Gasteiger partial charge in [0.15, 0.2) is 11.1 Å². The molecule has 1 saturated carbocycles. The van der Waals surface area contributed by atoms with Gasteiger partial charge in [0.1, 0.15) is 0 Å². The van der Waals surface area contributed by atoms with Crippen LogP contribution in [0.25, 0.3) is 0 Å². The molecule has 0 spiro atoms. The van der Waals surface area contributed by atoms with Gasteiger partial charge in [-0.3, -0.25) is 0 Å². The van der Waals surface area contributed by atoms with Gasteiger partial charge >= 0.3 is 0 Å². The quantitative estimate of drug-likeness (QED) is 0.747. The lowest BCUT2D eigenvalue weighted by atomic mass is 9.80. The molecular weight excluding hydrogens is 274 g/mol. The van der Waals surface area contributed by atoms with Gasteiger partial charge in [-0.1, -0.05) is 0 Å². The van der Waals surface area contributed by atoms with E-state index in [0.29, 0.717) is 10.8 Å². The maximum atomic E-state index is 11.0. The Morgan fingerprint density at radius 1 is 1.40 bits per heavy atom. The van der Waals surface area contributed by atoms with Crippen molar-refractivity contribution in [2.45, 2.75) is 50.0 Å². The van der Waals surface area contributed by atoms with Gasteiger partial charge < -0.3 is 15.0 Å². The summed E-state index contributed by atoms with van der Waals surface area (Å²) in [6.07, 6.45) is 3.80. The highest BCUT2D eigenvalue weighted by atomic mass is 32.2. The standard InChI is InChI=1S/C15H23NO3S/c1-11-9-13(20(18)19)3-4-14(11)16-10-12-5-7-15(2,17)8-6-12/h3-4,9,12,16-17H,5-8,10H2,1-2H3,(H,18,19). The van der Waals surface area contributed by atoms with Crippen molar-refractivity contribution in [1.29, 1.82) is 0 Å². The smallest absolute Gasteiger partial charge is 0.186 e. The molecule has 3 N–H and O–H groups in total. The van der Waals surface area contributed by atoms with Crippen LogP contribution in [0.1, 0.15) is 38.2 Å². The zero-order valence-corrected chi connectivity index (χ0v) is 12.9. The maximum Gasteiger partial charge on any atom is 0.186 e. The Hall–Kier alpha value is -0.910. The molecule has 0 radical (unpaired) electrons. The lowest BCUT2D eigenvalue weighted by Gasteiger charge is -2.33. The Balaban J connectivity index is 1.90. The van der Waals surface area contributed by atoms with Gasteiger partial charge in [0.2, 0.25) is 0 Å². The summed E-state index contributed by atoms with van der Waals surface area (Å²) in [7, 11) is 0. The summed E-state index contributed by atoms with van der Waals surface area (Å²) in [5.74, 6) is 0.585. The second-order valence-corrected chi connectivity index (χ2v) is 7.02. The number of hydrogen-bond donors (Lipinski definition) is 3. The fourth-order valence-corrected chi connectivity index (χ4v) is 3.16. The van der Waals surface area contributed by atoms with Gasteiger partial charge in [-0.2, -0.15) is 0 Å². The van der Waals surface area contributed by atoms with Crippen molar-refractivity contribution < 1.29 is 13.9 Å². The van der Waals surface area contributed by atoms with Gasteiger partial charge in [-0.15, -0.1) is 0 Å². The molecule has 0 aliphatic heterocycles. The number of aliphatic hydroxyl groups is 1. The Labute approximate surface area is 122 Å². The van der Waals surface area contributed by atoms with Crippen LogP contribution in [-0.4, -0.2) is 26.0 Å². The zero-order valence-electron chi connectivity index (χ0n) is 12.1. The van der Waals surface area contributed by atoms with E-state index in [-0.39, 0.29) is 0 Å². The van der Waals surface area contributed by atoms with Crippen LogP contribution < -0.4 is 5.32 Å². The summed E-state index contributed by atoms with van der Waals surface area (Å²) in [5, 5.41) is 13.3. The predicted octanol–water partition coefficient (Wildman–Crippen LogP) is 2.93. The first kappa shape index (κ1) is 15.5. The number of anilines is 1. The van der Waals surface area contributed by atoms with Crippen molar-refractivity contribution >= 4 is 16.8 Å². The first-order valence-corrected chi connectivity index (χ1v) is 8.16. The van der Waals surface area contributed by atoms with E-state index in [9.17, 15) is 9.32 Å². The van der Waals surface area contributed by atoms with Crippen molar-refractivity contribution in [3.05, 3.63) is 23.8 Å². The molecule has 5 heteroatoms. The molecule has 0 heterocycles. The molecule has 1 unspecified atom stereocenters. The van der Waals surface area contributed by atoms with E-state index in [2.05, 4.69) is 5.32 Å². The molecule has 1 aliphatic carbocycles. The van der Waals surface area contributed by atoms with Gasteiger partial charge in [0, 0.05) is 12.2 Å². The largest absolute Gasteiger partial charge is 0.390 e. The molecule has 1 atom stereocenters. The van der Waals surface area contributed by atoms with Crippen molar-refractivity contribution in [2.75, 3.05) is 11.9 Å². The van der Waals surface area contributed by atoms with Crippen LogP contribution >= 0.6 is 0 Å². The van der Waals surface area contributed by atoms with Crippen molar-refractivity contribution in [1.82, 2.24) is 0 Å². The van der Waals surface area contributed by atoms with Gasteiger partial charge in [0.05, 0.1) is 10.5 Å². The summed E-state index contributed by atoms with van der Waals surface area (Å²) < 4.78 is 20.0.